The molecule has 0 spiro atoms. The molecule has 3 rings (SSSR count). The number of carbonyl (C=O) groups is 1. The smallest absolute Gasteiger partial charge is 0.337 e. The van der Waals surface area contributed by atoms with Crippen molar-refractivity contribution in [2.75, 3.05) is 6.54 Å². The summed E-state index contributed by atoms with van der Waals surface area (Å²) >= 11 is 0. The Hall–Kier alpha value is -2.51. The van der Waals surface area contributed by atoms with Crippen LogP contribution in [0.15, 0.2) is 30.5 Å². The fourth-order valence-corrected chi connectivity index (χ4v) is 3.47. The summed E-state index contributed by atoms with van der Waals surface area (Å²) in [6.45, 7) is 3.39. The molecule has 2 N–H and O–H groups in total. The van der Waals surface area contributed by atoms with E-state index >= 15 is 0 Å². The van der Waals surface area contributed by atoms with Crippen molar-refractivity contribution < 1.29 is 18.0 Å². The van der Waals surface area contributed by atoms with Gasteiger partial charge in [0, 0.05) is 31.7 Å². The predicted molar refractivity (Wildman–Crippen MR) is 95.4 cm³/mol. The van der Waals surface area contributed by atoms with Crippen LogP contribution in [0.5, 0.6) is 0 Å². The first kappa shape index (κ1) is 19.3. The molecule has 2 heterocycles. The monoisotopic (exact) mass is 380 g/mol. The minimum absolute atomic E-state index is 0.0521. The molecule has 8 heteroatoms. The number of aryl methyl sites for hydroxylation is 2. The molecule has 0 saturated carbocycles. The second-order valence-corrected chi connectivity index (χ2v) is 6.90. The summed E-state index contributed by atoms with van der Waals surface area (Å²) in [6, 6.07) is 5.88. The summed E-state index contributed by atoms with van der Waals surface area (Å²) in [5.74, 6) is 1.13. The largest absolute Gasteiger partial charge is 0.393 e. The molecular formula is C19H23F3N4O. The number of carbonyl (C=O) groups excluding carboxylic acids is 1. The van der Waals surface area contributed by atoms with E-state index in [1.165, 1.54) is 6.07 Å². The van der Waals surface area contributed by atoms with Crippen molar-refractivity contribution in [2.45, 2.75) is 51.4 Å². The fourth-order valence-electron chi connectivity index (χ4n) is 3.47. The van der Waals surface area contributed by atoms with Crippen molar-refractivity contribution in [2.24, 2.45) is 0 Å². The van der Waals surface area contributed by atoms with Gasteiger partial charge in [-0.1, -0.05) is 24.3 Å². The standard InChI is InChI=1S/C19H23F3N4O/c1-13-12-26-8-4-7-16(17(26)25-13)11-24-18(27)23-10-15-6-3-2-5-14(15)9-19(20,21)22/h2-3,5-6,12,16H,4,7-11H2,1H3,(H2,23,24,27). The molecule has 1 aliphatic rings. The number of urea groups is 1. The van der Waals surface area contributed by atoms with Crippen molar-refractivity contribution in [3.63, 3.8) is 0 Å². The Morgan fingerprint density at radius 1 is 1.26 bits per heavy atom. The number of hydrogen-bond acceptors (Lipinski definition) is 2. The van der Waals surface area contributed by atoms with Crippen LogP contribution in [0.2, 0.25) is 0 Å². The highest BCUT2D eigenvalue weighted by molar-refractivity contribution is 5.73. The van der Waals surface area contributed by atoms with Gasteiger partial charge in [-0.2, -0.15) is 13.2 Å². The minimum atomic E-state index is -4.28. The molecule has 0 radical (unpaired) electrons. The molecule has 2 aromatic rings. The normalized spacial score (nSPS) is 16.7. The molecule has 1 atom stereocenters. The topological polar surface area (TPSA) is 59.0 Å². The van der Waals surface area contributed by atoms with Gasteiger partial charge in [0.25, 0.3) is 0 Å². The average molecular weight is 380 g/mol. The number of imidazole rings is 1. The molecule has 146 valence electrons. The first-order chi connectivity index (χ1) is 12.8. The molecule has 0 bridgehead atoms. The maximum absolute atomic E-state index is 12.7. The van der Waals surface area contributed by atoms with Crippen LogP contribution in [0.3, 0.4) is 0 Å². The van der Waals surface area contributed by atoms with E-state index in [-0.39, 0.29) is 18.0 Å². The molecular weight excluding hydrogens is 357 g/mol. The lowest BCUT2D eigenvalue weighted by atomic mass is 9.99. The van der Waals surface area contributed by atoms with Gasteiger partial charge in [0.15, 0.2) is 0 Å². The molecule has 0 aliphatic carbocycles. The second-order valence-electron chi connectivity index (χ2n) is 6.90. The van der Waals surface area contributed by atoms with Gasteiger partial charge >= 0.3 is 12.2 Å². The van der Waals surface area contributed by atoms with Crippen LogP contribution in [0.1, 0.15) is 41.4 Å². The van der Waals surface area contributed by atoms with Crippen molar-refractivity contribution in [1.29, 1.82) is 0 Å². The summed E-state index contributed by atoms with van der Waals surface area (Å²) < 4.78 is 40.1. The Labute approximate surface area is 156 Å². The Bertz CT molecular complexity index is 800. The quantitative estimate of drug-likeness (QED) is 0.832. The van der Waals surface area contributed by atoms with E-state index in [2.05, 4.69) is 20.2 Å². The molecule has 2 amide bonds. The van der Waals surface area contributed by atoms with Crippen LogP contribution in [0.25, 0.3) is 0 Å². The number of hydrogen-bond donors (Lipinski definition) is 2. The van der Waals surface area contributed by atoms with E-state index in [4.69, 9.17) is 0 Å². The lowest BCUT2D eigenvalue weighted by Crippen LogP contribution is -2.38. The molecule has 1 unspecified atom stereocenters. The van der Waals surface area contributed by atoms with E-state index in [1.54, 1.807) is 18.2 Å². The van der Waals surface area contributed by atoms with Gasteiger partial charge in [0.05, 0.1) is 12.1 Å². The molecule has 27 heavy (non-hydrogen) atoms. The lowest BCUT2D eigenvalue weighted by molar-refractivity contribution is -0.127. The van der Waals surface area contributed by atoms with E-state index in [9.17, 15) is 18.0 Å². The Kier molecular flexibility index (Phi) is 5.72. The highest BCUT2D eigenvalue weighted by Crippen LogP contribution is 2.26. The van der Waals surface area contributed by atoms with E-state index in [0.717, 1.165) is 30.9 Å². The highest BCUT2D eigenvalue weighted by Gasteiger charge is 2.28. The number of nitrogens with zero attached hydrogens (tertiary/aromatic N) is 2. The van der Waals surface area contributed by atoms with E-state index < -0.39 is 18.6 Å². The summed E-state index contributed by atoms with van der Waals surface area (Å²) in [4.78, 5) is 16.6. The number of nitrogens with one attached hydrogen (secondary N) is 2. The van der Waals surface area contributed by atoms with Crippen molar-refractivity contribution in [3.8, 4) is 0 Å². The number of halogens is 3. The molecule has 5 nitrogen and oxygen atoms in total. The van der Waals surface area contributed by atoms with E-state index in [1.807, 2.05) is 13.1 Å². The molecule has 1 aromatic heterocycles. The summed E-state index contributed by atoms with van der Waals surface area (Å²) in [7, 11) is 0. The van der Waals surface area contributed by atoms with Gasteiger partial charge in [-0.15, -0.1) is 0 Å². The third-order valence-electron chi connectivity index (χ3n) is 4.70. The van der Waals surface area contributed by atoms with E-state index in [0.29, 0.717) is 12.1 Å². The number of alkyl halides is 3. The van der Waals surface area contributed by atoms with Crippen molar-refractivity contribution >= 4 is 6.03 Å². The summed E-state index contributed by atoms with van der Waals surface area (Å²) in [5.41, 5.74) is 1.60. The number of rotatable bonds is 5. The third-order valence-corrected chi connectivity index (χ3v) is 4.70. The maximum Gasteiger partial charge on any atom is 0.393 e. The third kappa shape index (κ3) is 5.24. The van der Waals surface area contributed by atoms with Crippen LogP contribution >= 0.6 is 0 Å². The Morgan fingerprint density at radius 2 is 2.00 bits per heavy atom. The summed E-state index contributed by atoms with van der Waals surface area (Å²) in [5, 5.41) is 5.46. The van der Waals surface area contributed by atoms with Gasteiger partial charge in [0.2, 0.25) is 0 Å². The Morgan fingerprint density at radius 3 is 2.74 bits per heavy atom. The second kappa shape index (κ2) is 8.02. The minimum Gasteiger partial charge on any atom is -0.337 e. The van der Waals surface area contributed by atoms with Gasteiger partial charge in [0.1, 0.15) is 5.82 Å². The average Bonchev–Trinajstić information content (AvgIpc) is 2.98. The fraction of sp³-hybridized carbons (Fsp3) is 0.474. The van der Waals surface area contributed by atoms with Gasteiger partial charge in [-0.05, 0) is 30.9 Å². The van der Waals surface area contributed by atoms with Gasteiger partial charge < -0.3 is 15.2 Å². The van der Waals surface area contributed by atoms with Crippen LogP contribution in [0.4, 0.5) is 18.0 Å². The van der Waals surface area contributed by atoms with Crippen LogP contribution < -0.4 is 10.6 Å². The number of benzene rings is 1. The van der Waals surface area contributed by atoms with Crippen LogP contribution in [-0.2, 0) is 19.5 Å². The summed E-state index contributed by atoms with van der Waals surface area (Å²) in [6.07, 6.45) is -1.29. The molecule has 0 saturated heterocycles. The predicted octanol–water partition coefficient (Wildman–Crippen LogP) is 3.67. The maximum atomic E-state index is 12.7. The lowest BCUT2D eigenvalue weighted by Gasteiger charge is -2.23. The zero-order valence-corrected chi connectivity index (χ0v) is 15.1. The van der Waals surface area contributed by atoms with Crippen LogP contribution in [0, 0.1) is 6.92 Å². The number of fused-ring (bicyclic) bond motifs is 1. The first-order valence-electron chi connectivity index (χ1n) is 9.01. The number of aromatic nitrogens is 2. The zero-order valence-electron chi connectivity index (χ0n) is 15.1. The van der Waals surface area contributed by atoms with Gasteiger partial charge in [-0.25, -0.2) is 9.78 Å². The van der Waals surface area contributed by atoms with Crippen molar-refractivity contribution in [3.05, 3.63) is 53.1 Å². The molecule has 1 aliphatic heterocycles. The SMILES string of the molecule is Cc1cn2c(n1)C(CNC(=O)NCc1ccccc1CC(F)(F)F)CCC2. The molecule has 0 fully saturated rings. The Balaban J connectivity index is 1.53. The van der Waals surface area contributed by atoms with Crippen LogP contribution in [-0.4, -0.2) is 28.3 Å². The number of amides is 2. The molecule has 1 aromatic carbocycles. The first-order valence-corrected chi connectivity index (χ1v) is 9.01. The highest BCUT2D eigenvalue weighted by atomic mass is 19.4. The zero-order chi connectivity index (χ0) is 19.4. The van der Waals surface area contributed by atoms with Crippen molar-refractivity contribution in [1.82, 2.24) is 20.2 Å². The van der Waals surface area contributed by atoms with Gasteiger partial charge in [-0.3, -0.25) is 0 Å².